The highest BCUT2D eigenvalue weighted by Crippen LogP contribution is 2.20. The van der Waals surface area contributed by atoms with E-state index in [2.05, 4.69) is 29.1 Å². The molecule has 1 aromatic rings. The van der Waals surface area contributed by atoms with Crippen molar-refractivity contribution in [3.63, 3.8) is 0 Å². The van der Waals surface area contributed by atoms with Crippen molar-refractivity contribution in [3.8, 4) is 0 Å². The normalized spacial score (nSPS) is 11.9. The van der Waals surface area contributed by atoms with E-state index < -0.39 is 12.6 Å². The minimum absolute atomic E-state index is 0.144. The number of hydrogen-bond donors (Lipinski definition) is 1. The molecule has 7 heteroatoms. The van der Waals surface area contributed by atoms with Gasteiger partial charge in [-0.15, -0.1) is 0 Å². The van der Waals surface area contributed by atoms with Crippen LogP contribution in [-0.4, -0.2) is 36.3 Å². The third-order valence-corrected chi connectivity index (χ3v) is 2.65. The second-order valence-corrected chi connectivity index (χ2v) is 5.20. The second kappa shape index (κ2) is 7.42. The van der Waals surface area contributed by atoms with Gasteiger partial charge in [-0.25, -0.2) is 9.97 Å². The largest absolute Gasteiger partial charge is 0.390 e. The van der Waals surface area contributed by atoms with Gasteiger partial charge >= 0.3 is 6.18 Å². The number of halogens is 3. The molecule has 0 spiro atoms. The Morgan fingerprint density at radius 2 is 1.85 bits per heavy atom. The summed E-state index contributed by atoms with van der Waals surface area (Å²) in [5, 5.41) is 3.25. The van der Waals surface area contributed by atoms with Crippen LogP contribution in [0, 0.1) is 5.92 Å². The molecule has 0 aliphatic rings. The molecule has 0 atom stereocenters. The molecule has 1 N–H and O–H groups in total. The molecule has 0 aromatic carbocycles. The first-order valence-corrected chi connectivity index (χ1v) is 6.57. The highest BCUT2D eigenvalue weighted by Gasteiger charge is 2.27. The monoisotopic (exact) mass is 290 g/mol. The average Bonchev–Trinajstić information content (AvgIpc) is 2.35. The van der Waals surface area contributed by atoms with E-state index in [0.717, 1.165) is 12.1 Å². The van der Waals surface area contributed by atoms with Gasteiger partial charge in [-0.2, -0.15) is 13.2 Å². The maximum Gasteiger partial charge on any atom is 0.390 e. The Kier molecular flexibility index (Phi) is 6.19. The van der Waals surface area contributed by atoms with E-state index >= 15 is 0 Å². The molecule has 0 radical (unpaired) electrons. The Balaban J connectivity index is 2.45. The number of nitrogens with one attached hydrogen (secondary N) is 1. The second-order valence-electron chi connectivity index (χ2n) is 5.20. The number of aromatic nitrogens is 2. The smallest absolute Gasteiger partial charge is 0.344 e. The third kappa shape index (κ3) is 6.70. The summed E-state index contributed by atoms with van der Waals surface area (Å²) < 4.78 is 36.4. The first-order chi connectivity index (χ1) is 9.28. The highest BCUT2D eigenvalue weighted by atomic mass is 19.4. The Bertz CT molecular complexity index is 390. The van der Waals surface area contributed by atoms with E-state index in [1.54, 1.807) is 19.4 Å². The molecule has 20 heavy (non-hydrogen) atoms. The van der Waals surface area contributed by atoms with Crippen molar-refractivity contribution in [2.45, 2.75) is 33.0 Å². The Morgan fingerprint density at radius 3 is 2.35 bits per heavy atom. The van der Waals surface area contributed by atoms with Crippen LogP contribution in [0.4, 0.5) is 19.1 Å². The summed E-state index contributed by atoms with van der Waals surface area (Å²) in [6.45, 7) is 5.64. The summed E-state index contributed by atoms with van der Waals surface area (Å²) in [4.78, 5) is 9.57. The van der Waals surface area contributed by atoms with Gasteiger partial charge in [0.25, 0.3) is 0 Å². The highest BCUT2D eigenvalue weighted by molar-refractivity contribution is 5.28. The van der Waals surface area contributed by atoms with Crippen LogP contribution in [0.3, 0.4) is 0 Å². The molecule has 0 bridgehead atoms. The number of anilines is 1. The van der Waals surface area contributed by atoms with Gasteiger partial charge < -0.3 is 10.2 Å². The molecular formula is C13H21F3N4. The molecule has 0 aliphatic heterocycles. The predicted octanol–water partition coefficient (Wildman–Crippen LogP) is 2.61. The zero-order valence-electron chi connectivity index (χ0n) is 12.0. The summed E-state index contributed by atoms with van der Waals surface area (Å²) in [7, 11) is 1.55. The summed E-state index contributed by atoms with van der Waals surface area (Å²) in [6.07, 6.45) is -1.75. The molecular weight excluding hydrogens is 269 g/mol. The SMILES string of the molecule is CC(C)CNCc1cnc(N(C)CCC(F)(F)F)nc1. The fourth-order valence-corrected chi connectivity index (χ4v) is 1.54. The van der Waals surface area contributed by atoms with E-state index in [0.29, 0.717) is 18.4 Å². The molecule has 4 nitrogen and oxygen atoms in total. The predicted molar refractivity (Wildman–Crippen MR) is 72.5 cm³/mol. The van der Waals surface area contributed by atoms with Crippen molar-refractivity contribution in [2.24, 2.45) is 5.92 Å². The minimum Gasteiger partial charge on any atom is -0.344 e. The summed E-state index contributed by atoms with van der Waals surface area (Å²) >= 11 is 0. The van der Waals surface area contributed by atoms with Gasteiger partial charge in [0.05, 0.1) is 6.42 Å². The van der Waals surface area contributed by atoms with Crippen LogP contribution < -0.4 is 10.2 Å². The van der Waals surface area contributed by atoms with E-state index in [9.17, 15) is 13.2 Å². The van der Waals surface area contributed by atoms with Gasteiger partial charge in [0, 0.05) is 38.1 Å². The minimum atomic E-state index is -4.16. The van der Waals surface area contributed by atoms with Crippen LogP contribution in [0.15, 0.2) is 12.4 Å². The molecule has 1 rings (SSSR count). The first kappa shape index (κ1) is 16.7. The number of nitrogens with zero attached hydrogens (tertiary/aromatic N) is 3. The van der Waals surface area contributed by atoms with Crippen LogP contribution in [0.5, 0.6) is 0 Å². The van der Waals surface area contributed by atoms with Crippen LogP contribution in [0.1, 0.15) is 25.8 Å². The van der Waals surface area contributed by atoms with Crippen LogP contribution in [0.25, 0.3) is 0 Å². The van der Waals surface area contributed by atoms with E-state index in [1.807, 2.05) is 0 Å². The fourth-order valence-electron chi connectivity index (χ4n) is 1.54. The van der Waals surface area contributed by atoms with E-state index in [1.165, 1.54) is 4.90 Å². The quantitative estimate of drug-likeness (QED) is 0.838. The maximum atomic E-state index is 12.1. The van der Waals surface area contributed by atoms with E-state index in [-0.39, 0.29) is 6.54 Å². The van der Waals surface area contributed by atoms with Crippen LogP contribution >= 0.6 is 0 Å². The van der Waals surface area contributed by atoms with Crippen molar-refractivity contribution >= 4 is 5.95 Å². The summed E-state index contributed by atoms with van der Waals surface area (Å²) in [6, 6.07) is 0. The van der Waals surface area contributed by atoms with Crippen molar-refractivity contribution in [1.29, 1.82) is 0 Å². The molecule has 0 amide bonds. The van der Waals surface area contributed by atoms with Crippen molar-refractivity contribution < 1.29 is 13.2 Å². The van der Waals surface area contributed by atoms with Crippen molar-refractivity contribution in [2.75, 3.05) is 25.0 Å². The van der Waals surface area contributed by atoms with Crippen molar-refractivity contribution in [1.82, 2.24) is 15.3 Å². The lowest BCUT2D eigenvalue weighted by Crippen LogP contribution is -2.26. The lowest BCUT2D eigenvalue weighted by atomic mass is 10.2. The molecule has 0 fully saturated rings. The Morgan fingerprint density at radius 1 is 1.25 bits per heavy atom. The lowest BCUT2D eigenvalue weighted by Gasteiger charge is -2.18. The van der Waals surface area contributed by atoms with Crippen LogP contribution in [-0.2, 0) is 6.54 Å². The number of alkyl halides is 3. The van der Waals surface area contributed by atoms with E-state index in [4.69, 9.17) is 0 Å². The molecule has 0 unspecified atom stereocenters. The number of hydrogen-bond acceptors (Lipinski definition) is 4. The molecule has 1 heterocycles. The van der Waals surface area contributed by atoms with Crippen molar-refractivity contribution in [3.05, 3.63) is 18.0 Å². The standard InChI is InChI=1S/C13H21F3N4/c1-10(2)6-17-7-11-8-18-12(19-9-11)20(3)5-4-13(14,15)16/h8-10,17H,4-7H2,1-3H3. The molecule has 114 valence electrons. The molecule has 0 aliphatic carbocycles. The van der Waals surface area contributed by atoms with Gasteiger partial charge in [-0.1, -0.05) is 13.8 Å². The summed E-state index contributed by atoms with van der Waals surface area (Å²) in [5.74, 6) is 0.866. The summed E-state index contributed by atoms with van der Waals surface area (Å²) in [5.41, 5.74) is 0.915. The zero-order chi connectivity index (χ0) is 15.2. The number of rotatable bonds is 7. The Labute approximate surface area is 117 Å². The van der Waals surface area contributed by atoms with Crippen LogP contribution in [0.2, 0.25) is 0 Å². The van der Waals surface area contributed by atoms with Gasteiger partial charge in [0.15, 0.2) is 0 Å². The Hall–Kier alpha value is -1.37. The van der Waals surface area contributed by atoms with Gasteiger partial charge in [0.1, 0.15) is 0 Å². The zero-order valence-corrected chi connectivity index (χ0v) is 12.0. The molecule has 0 saturated heterocycles. The van der Waals surface area contributed by atoms with Gasteiger partial charge in [-0.3, -0.25) is 0 Å². The topological polar surface area (TPSA) is 41.1 Å². The molecule has 1 aromatic heterocycles. The fraction of sp³-hybridized carbons (Fsp3) is 0.692. The average molecular weight is 290 g/mol. The maximum absolute atomic E-state index is 12.1. The van der Waals surface area contributed by atoms with Gasteiger partial charge in [-0.05, 0) is 12.5 Å². The first-order valence-electron chi connectivity index (χ1n) is 6.57. The van der Waals surface area contributed by atoms with Gasteiger partial charge in [0.2, 0.25) is 5.95 Å². The lowest BCUT2D eigenvalue weighted by molar-refractivity contribution is -0.132. The third-order valence-electron chi connectivity index (χ3n) is 2.65. The molecule has 0 saturated carbocycles.